The molecule has 3 aromatic heterocycles. The van der Waals surface area contributed by atoms with Crippen molar-refractivity contribution >= 4 is 27.5 Å². The average molecular weight is 436 g/mol. The first-order chi connectivity index (χ1) is 16.2. The van der Waals surface area contributed by atoms with E-state index >= 15 is 0 Å². The van der Waals surface area contributed by atoms with E-state index < -0.39 is 0 Å². The number of hydrogen-bond donors (Lipinski definition) is 0. The standard InChI is InChI=1S/C27H25N5O/c1-18-4-3-5-20(12-18)27-26-23-14-19(6-7-24(23)29-17-25(26)30-31(27)2)21-13-22(16-28-15-21)32-8-10-33-11-9-32/h3-7,12-17H,8-11H2,1-2H3. The van der Waals surface area contributed by atoms with E-state index in [9.17, 15) is 0 Å². The van der Waals surface area contributed by atoms with Crippen LogP contribution >= 0.6 is 0 Å². The first-order valence-corrected chi connectivity index (χ1v) is 11.3. The zero-order valence-corrected chi connectivity index (χ0v) is 18.8. The van der Waals surface area contributed by atoms with Crippen molar-refractivity contribution in [1.29, 1.82) is 0 Å². The van der Waals surface area contributed by atoms with Crippen molar-refractivity contribution in [3.63, 3.8) is 0 Å². The SMILES string of the molecule is Cc1cccc(-c2c3c(cnc4ccc(-c5cncc(N6CCOCC6)c5)cc43)nn2C)c1. The van der Waals surface area contributed by atoms with Crippen LogP contribution in [0.15, 0.2) is 67.1 Å². The summed E-state index contributed by atoms with van der Waals surface area (Å²) in [6.07, 6.45) is 5.74. The van der Waals surface area contributed by atoms with Gasteiger partial charge in [-0.25, -0.2) is 0 Å². The Balaban J connectivity index is 1.53. The Morgan fingerprint density at radius 1 is 0.848 bits per heavy atom. The van der Waals surface area contributed by atoms with Gasteiger partial charge in [-0.2, -0.15) is 5.10 Å². The molecule has 1 saturated heterocycles. The van der Waals surface area contributed by atoms with Crippen LogP contribution < -0.4 is 4.90 Å². The molecule has 1 aliphatic rings. The average Bonchev–Trinajstić information content (AvgIpc) is 3.20. The van der Waals surface area contributed by atoms with Gasteiger partial charge in [0.2, 0.25) is 0 Å². The quantitative estimate of drug-likeness (QED) is 0.399. The molecule has 2 aromatic carbocycles. The molecule has 0 saturated carbocycles. The highest BCUT2D eigenvalue weighted by molar-refractivity contribution is 6.12. The topological polar surface area (TPSA) is 56.1 Å². The van der Waals surface area contributed by atoms with Crippen LogP contribution in [0.25, 0.3) is 44.2 Å². The molecule has 0 unspecified atom stereocenters. The molecule has 0 radical (unpaired) electrons. The zero-order valence-electron chi connectivity index (χ0n) is 18.8. The normalized spacial score (nSPS) is 14.3. The summed E-state index contributed by atoms with van der Waals surface area (Å²) in [6.45, 7) is 5.42. The van der Waals surface area contributed by atoms with Crippen molar-refractivity contribution in [3.8, 4) is 22.4 Å². The highest BCUT2D eigenvalue weighted by Crippen LogP contribution is 2.35. The molecule has 1 fully saturated rings. The van der Waals surface area contributed by atoms with E-state index in [1.165, 1.54) is 5.56 Å². The van der Waals surface area contributed by atoms with Crippen molar-refractivity contribution < 1.29 is 4.74 Å². The third-order valence-electron chi connectivity index (χ3n) is 6.39. The number of benzene rings is 2. The number of nitrogens with zero attached hydrogens (tertiary/aromatic N) is 5. The summed E-state index contributed by atoms with van der Waals surface area (Å²) >= 11 is 0. The largest absolute Gasteiger partial charge is 0.378 e. The lowest BCUT2D eigenvalue weighted by molar-refractivity contribution is 0.122. The lowest BCUT2D eigenvalue weighted by atomic mass is 9.99. The molecule has 0 amide bonds. The Morgan fingerprint density at radius 2 is 1.73 bits per heavy atom. The maximum absolute atomic E-state index is 5.51. The second kappa shape index (κ2) is 7.98. The van der Waals surface area contributed by atoms with Crippen LogP contribution in [-0.4, -0.2) is 46.1 Å². The lowest BCUT2D eigenvalue weighted by Crippen LogP contribution is -2.36. The van der Waals surface area contributed by atoms with Crippen LogP contribution in [0.2, 0.25) is 0 Å². The summed E-state index contributed by atoms with van der Waals surface area (Å²) in [4.78, 5) is 11.6. The fourth-order valence-corrected chi connectivity index (χ4v) is 4.76. The van der Waals surface area contributed by atoms with Crippen LogP contribution in [0.5, 0.6) is 0 Å². The van der Waals surface area contributed by atoms with Crippen molar-refractivity contribution in [3.05, 3.63) is 72.7 Å². The Labute approximate surface area is 192 Å². The second-order valence-corrected chi connectivity index (χ2v) is 8.62. The van der Waals surface area contributed by atoms with Gasteiger partial charge in [0.1, 0.15) is 5.52 Å². The predicted molar refractivity (Wildman–Crippen MR) is 132 cm³/mol. The summed E-state index contributed by atoms with van der Waals surface area (Å²) in [5, 5.41) is 7.01. The molecule has 0 bridgehead atoms. The molecular formula is C27H25N5O. The van der Waals surface area contributed by atoms with Gasteiger partial charge >= 0.3 is 0 Å². The zero-order chi connectivity index (χ0) is 22.4. The van der Waals surface area contributed by atoms with Crippen LogP contribution in [0.3, 0.4) is 0 Å². The highest BCUT2D eigenvalue weighted by atomic mass is 16.5. The monoisotopic (exact) mass is 435 g/mol. The van der Waals surface area contributed by atoms with Gasteiger partial charge < -0.3 is 9.64 Å². The number of fused-ring (bicyclic) bond motifs is 3. The molecular weight excluding hydrogens is 410 g/mol. The van der Waals surface area contributed by atoms with Crippen LogP contribution in [0.1, 0.15) is 5.56 Å². The number of aromatic nitrogens is 4. The number of rotatable bonds is 3. The van der Waals surface area contributed by atoms with Gasteiger partial charge in [-0.15, -0.1) is 0 Å². The molecule has 1 aliphatic heterocycles. The van der Waals surface area contributed by atoms with Crippen LogP contribution in [0, 0.1) is 6.92 Å². The maximum Gasteiger partial charge on any atom is 0.112 e. The molecule has 4 heterocycles. The Morgan fingerprint density at radius 3 is 2.58 bits per heavy atom. The first-order valence-electron chi connectivity index (χ1n) is 11.3. The van der Waals surface area contributed by atoms with Gasteiger partial charge in [-0.05, 0) is 36.8 Å². The number of aryl methyl sites for hydroxylation is 2. The van der Waals surface area contributed by atoms with E-state index in [2.05, 4.69) is 70.3 Å². The smallest absolute Gasteiger partial charge is 0.112 e. The molecule has 0 spiro atoms. The van der Waals surface area contributed by atoms with Gasteiger partial charge in [-0.1, -0.05) is 29.8 Å². The Hall–Kier alpha value is -3.77. The third-order valence-corrected chi connectivity index (χ3v) is 6.39. The fraction of sp³-hybridized carbons (Fsp3) is 0.222. The van der Waals surface area contributed by atoms with E-state index in [1.807, 2.05) is 30.3 Å². The molecule has 164 valence electrons. The second-order valence-electron chi connectivity index (χ2n) is 8.62. The number of anilines is 1. The number of ether oxygens (including phenoxy) is 1. The Kier molecular flexibility index (Phi) is 4.80. The summed E-state index contributed by atoms with van der Waals surface area (Å²) in [5.74, 6) is 0. The number of hydrogen-bond acceptors (Lipinski definition) is 5. The first kappa shape index (κ1) is 19.9. The van der Waals surface area contributed by atoms with Gasteiger partial charge in [0.15, 0.2) is 0 Å². The minimum Gasteiger partial charge on any atom is -0.378 e. The predicted octanol–water partition coefficient (Wildman–Crippen LogP) is 5.00. The third kappa shape index (κ3) is 3.52. The number of morpholine rings is 1. The van der Waals surface area contributed by atoms with E-state index in [0.717, 1.165) is 76.2 Å². The van der Waals surface area contributed by atoms with E-state index in [4.69, 9.17) is 9.84 Å². The summed E-state index contributed by atoms with van der Waals surface area (Å²) in [6, 6.07) is 17.2. The van der Waals surface area contributed by atoms with E-state index in [-0.39, 0.29) is 0 Å². The minimum absolute atomic E-state index is 0.757. The minimum atomic E-state index is 0.757. The molecule has 6 rings (SSSR count). The lowest BCUT2D eigenvalue weighted by Gasteiger charge is -2.28. The molecule has 6 heteroatoms. The van der Waals surface area contributed by atoms with E-state index in [0.29, 0.717) is 0 Å². The van der Waals surface area contributed by atoms with Gasteiger partial charge in [0.25, 0.3) is 0 Å². The van der Waals surface area contributed by atoms with Crippen molar-refractivity contribution in [2.24, 2.45) is 7.05 Å². The number of pyridine rings is 2. The van der Waals surface area contributed by atoms with Crippen molar-refractivity contribution in [2.75, 3.05) is 31.2 Å². The summed E-state index contributed by atoms with van der Waals surface area (Å²) in [7, 11) is 2.00. The van der Waals surface area contributed by atoms with Crippen molar-refractivity contribution in [1.82, 2.24) is 19.7 Å². The van der Waals surface area contributed by atoms with Crippen molar-refractivity contribution in [2.45, 2.75) is 6.92 Å². The molecule has 5 aromatic rings. The fourth-order valence-electron chi connectivity index (χ4n) is 4.76. The Bertz CT molecular complexity index is 1480. The van der Waals surface area contributed by atoms with E-state index in [1.54, 1.807) is 0 Å². The highest BCUT2D eigenvalue weighted by Gasteiger charge is 2.17. The molecule has 0 atom stereocenters. The van der Waals surface area contributed by atoms with Crippen LogP contribution in [-0.2, 0) is 11.8 Å². The summed E-state index contributed by atoms with van der Waals surface area (Å²) in [5.41, 5.74) is 8.72. The summed E-state index contributed by atoms with van der Waals surface area (Å²) < 4.78 is 7.47. The van der Waals surface area contributed by atoms with Gasteiger partial charge in [0, 0.05) is 48.2 Å². The van der Waals surface area contributed by atoms with Gasteiger partial charge in [0.05, 0.1) is 42.5 Å². The molecule has 33 heavy (non-hydrogen) atoms. The maximum atomic E-state index is 5.51. The molecule has 0 N–H and O–H groups in total. The molecule has 6 nitrogen and oxygen atoms in total. The molecule has 0 aliphatic carbocycles. The van der Waals surface area contributed by atoms with Crippen LogP contribution in [0.4, 0.5) is 5.69 Å². The van der Waals surface area contributed by atoms with Gasteiger partial charge in [-0.3, -0.25) is 14.6 Å².